The molecule has 2 heterocycles. The highest BCUT2D eigenvalue weighted by molar-refractivity contribution is 7.98. The quantitative estimate of drug-likeness (QED) is 0.419. The van der Waals surface area contributed by atoms with Crippen molar-refractivity contribution >= 4 is 35.1 Å². The third-order valence-electron chi connectivity index (χ3n) is 5.27. The number of aromatic amines is 1. The zero-order valence-corrected chi connectivity index (χ0v) is 18.0. The first-order chi connectivity index (χ1) is 14.9. The number of hydrogen-bond acceptors (Lipinski definition) is 5. The number of nitrogens with zero attached hydrogens (tertiary/aromatic N) is 1. The lowest BCUT2D eigenvalue weighted by molar-refractivity contribution is -0.123. The van der Waals surface area contributed by atoms with Crippen molar-refractivity contribution in [3.63, 3.8) is 0 Å². The Kier molecular flexibility index (Phi) is 5.90. The maximum absolute atomic E-state index is 12.9. The highest BCUT2D eigenvalue weighted by Gasteiger charge is 2.34. The van der Waals surface area contributed by atoms with Crippen LogP contribution >= 0.6 is 11.8 Å². The summed E-state index contributed by atoms with van der Waals surface area (Å²) in [4.78, 5) is 45.2. The van der Waals surface area contributed by atoms with E-state index in [2.05, 4.69) is 20.6 Å². The van der Waals surface area contributed by atoms with Gasteiger partial charge in [0.2, 0.25) is 11.8 Å². The van der Waals surface area contributed by atoms with Gasteiger partial charge in [0.15, 0.2) is 5.16 Å². The summed E-state index contributed by atoms with van der Waals surface area (Å²) in [5, 5.41) is 5.87. The number of anilines is 2. The SMILES string of the molecule is Cc1ccccc1CSc1nc2c(c(=O)[nH]1)[C@@H](C(=O)Nc1ccccc1C)CC(=O)N2. The summed E-state index contributed by atoms with van der Waals surface area (Å²) >= 11 is 1.37. The van der Waals surface area contributed by atoms with Gasteiger partial charge in [-0.1, -0.05) is 54.2 Å². The Morgan fingerprint density at radius 3 is 2.55 bits per heavy atom. The van der Waals surface area contributed by atoms with E-state index in [0.717, 1.165) is 16.7 Å². The minimum atomic E-state index is -0.907. The number of aryl methyl sites for hydroxylation is 2. The standard InChI is InChI=1S/C23H22N4O3S/c1-13-7-3-5-9-15(13)12-31-23-26-20-19(22(30)27-23)16(11-18(28)25-20)21(29)24-17-10-6-4-8-14(17)2/h3-10,16H,11-12H2,1-2H3,(H,24,29)(H2,25,26,27,28,30)/t16-/m0/s1. The number of aromatic nitrogens is 2. The molecule has 0 radical (unpaired) electrons. The fraction of sp³-hybridized carbons (Fsp3) is 0.217. The Morgan fingerprint density at radius 2 is 1.81 bits per heavy atom. The highest BCUT2D eigenvalue weighted by atomic mass is 32.2. The fourth-order valence-electron chi connectivity index (χ4n) is 3.49. The summed E-state index contributed by atoms with van der Waals surface area (Å²) in [6.45, 7) is 3.90. The summed E-state index contributed by atoms with van der Waals surface area (Å²) < 4.78 is 0. The Bertz CT molecular complexity index is 1220. The number of hydrogen-bond donors (Lipinski definition) is 3. The molecular weight excluding hydrogens is 412 g/mol. The lowest BCUT2D eigenvalue weighted by Crippen LogP contribution is -2.36. The van der Waals surface area contributed by atoms with E-state index in [4.69, 9.17) is 0 Å². The molecule has 0 saturated heterocycles. The third kappa shape index (κ3) is 4.54. The average molecular weight is 435 g/mol. The van der Waals surface area contributed by atoms with E-state index in [1.54, 1.807) is 6.07 Å². The second kappa shape index (κ2) is 8.77. The number of benzene rings is 2. The van der Waals surface area contributed by atoms with Gasteiger partial charge in [-0.3, -0.25) is 14.4 Å². The molecule has 4 rings (SSSR count). The number of H-pyrrole nitrogens is 1. The number of thioether (sulfide) groups is 1. The van der Waals surface area contributed by atoms with Gasteiger partial charge in [0, 0.05) is 17.9 Å². The van der Waals surface area contributed by atoms with Crippen LogP contribution in [0.3, 0.4) is 0 Å². The molecule has 0 fully saturated rings. The van der Waals surface area contributed by atoms with E-state index >= 15 is 0 Å². The number of carbonyl (C=O) groups is 2. The number of para-hydroxylation sites is 1. The van der Waals surface area contributed by atoms with Crippen molar-refractivity contribution in [2.24, 2.45) is 0 Å². The van der Waals surface area contributed by atoms with Gasteiger partial charge in [0.25, 0.3) is 5.56 Å². The van der Waals surface area contributed by atoms with E-state index in [0.29, 0.717) is 16.6 Å². The molecule has 0 bridgehead atoms. The van der Waals surface area contributed by atoms with Gasteiger partial charge in [-0.05, 0) is 36.6 Å². The van der Waals surface area contributed by atoms with Crippen molar-refractivity contribution in [3.05, 3.63) is 81.1 Å². The van der Waals surface area contributed by atoms with E-state index < -0.39 is 17.4 Å². The zero-order chi connectivity index (χ0) is 22.0. The van der Waals surface area contributed by atoms with Crippen molar-refractivity contribution in [2.75, 3.05) is 10.6 Å². The van der Waals surface area contributed by atoms with Crippen LogP contribution in [-0.4, -0.2) is 21.8 Å². The van der Waals surface area contributed by atoms with Crippen molar-refractivity contribution in [1.82, 2.24) is 9.97 Å². The van der Waals surface area contributed by atoms with Crippen molar-refractivity contribution in [2.45, 2.75) is 37.1 Å². The van der Waals surface area contributed by atoms with Crippen LogP contribution in [0.4, 0.5) is 11.5 Å². The normalized spacial score (nSPS) is 15.2. The first-order valence-corrected chi connectivity index (χ1v) is 10.9. The Balaban J connectivity index is 1.59. The zero-order valence-electron chi connectivity index (χ0n) is 17.2. The first kappa shape index (κ1) is 20.9. The predicted octanol–water partition coefficient (Wildman–Crippen LogP) is 3.74. The Labute approximate surface area is 183 Å². The van der Waals surface area contributed by atoms with E-state index in [1.165, 1.54) is 11.8 Å². The number of fused-ring (bicyclic) bond motifs is 1. The number of amides is 2. The molecule has 3 aromatic rings. The van der Waals surface area contributed by atoms with Crippen LogP contribution in [0.25, 0.3) is 0 Å². The molecule has 1 aliphatic rings. The predicted molar refractivity (Wildman–Crippen MR) is 121 cm³/mol. The molecule has 158 valence electrons. The molecule has 0 saturated carbocycles. The molecule has 2 aromatic carbocycles. The van der Waals surface area contributed by atoms with Crippen molar-refractivity contribution in [1.29, 1.82) is 0 Å². The van der Waals surface area contributed by atoms with Gasteiger partial charge in [-0.25, -0.2) is 4.98 Å². The third-order valence-corrected chi connectivity index (χ3v) is 6.20. The fourth-order valence-corrected chi connectivity index (χ4v) is 4.43. The summed E-state index contributed by atoms with van der Waals surface area (Å²) in [7, 11) is 0. The van der Waals surface area contributed by atoms with Crippen molar-refractivity contribution < 1.29 is 9.59 Å². The van der Waals surface area contributed by atoms with Gasteiger partial charge in [-0.2, -0.15) is 0 Å². The van der Waals surface area contributed by atoms with Crippen LogP contribution in [0.2, 0.25) is 0 Å². The monoisotopic (exact) mass is 434 g/mol. The van der Waals surface area contributed by atoms with Crippen LogP contribution in [0.5, 0.6) is 0 Å². The van der Waals surface area contributed by atoms with Gasteiger partial charge in [0.05, 0.1) is 11.5 Å². The minimum Gasteiger partial charge on any atom is -0.325 e. The number of rotatable bonds is 5. The van der Waals surface area contributed by atoms with Gasteiger partial charge < -0.3 is 15.6 Å². The molecule has 2 amide bonds. The largest absolute Gasteiger partial charge is 0.325 e. The lowest BCUT2D eigenvalue weighted by atomic mass is 9.92. The molecule has 1 atom stereocenters. The summed E-state index contributed by atoms with van der Waals surface area (Å²) in [6, 6.07) is 15.3. The Morgan fingerprint density at radius 1 is 1.10 bits per heavy atom. The smallest absolute Gasteiger partial charge is 0.257 e. The van der Waals surface area contributed by atoms with Crippen LogP contribution < -0.4 is 16.2 Å². The van der Waals surface area contributed by atoms with Crippen LogP contribution in [-0.2, 0) is 15.3 Å². The van der Waals surface area contributed by atoms with Crippen LogP contribution in [0.15, 0.2) is 58.5 Å². The molecular formula is C23H22N4O3S. The second-order valence-electron chi connectivity index (χ2n) is 7.46. The topological polar surface area (TPSA) is 104 Å². The number of nitrogens with one attached hydrogen (secondary N) is 3. The van der Waals surface area contributed by atoms with Gasteiger partial charge in [0.1, 0.15) is 5.82 Å². The summed E-state index contributed by atoms with van der Waals surface area (Å²) in [6.07, 6.45) is -0.106. The molecule has 7 nitrogen and oxygen atoms in total. The van der Waals surface area contributed by atoms with E-state index in [9.17, 15) is 14.4 Å². The molecule has 0 aliphatic carbocycles. The first-order valence-electron chi connectivity index (χ1n) is 9.90. The molecule has 0 unspecified atom stereocenters. The summed E-state index contributed by atoms with van der Waals surface area (Å²) in [5.41, 5.74) is 3.60. The van der Waals surface area contributed by atoms with Crippen LogP contribution in [0.1, 0.15) is 34.6 Å². The molecule has 3 N–H and O–H groups in total. The molecule has 1 aliphatic heterocycles. The lowest BCUT2D eigenvalue weighted by Gasteiger charge is -2.23. The molecule has 8 heteroatoms. The van der Waals surface area contributed by atoms with E-state index in [-0.39, 0.29) is 23.7 Å². The highest BCUT2D eigenvalue weighted by Crippen LogP contribution is 2.31. The number of carbonyl (C=O) groups excluding carboxylic acids is 2. The molecule has 1 aromatic heterocycles. The molecule has 31 heavy (non-hydrogen) atoms. The molecule has 0 spiro atoms. The summed E-state index contributed by atoms with van der Waals surface area (Å²) in [5.74, 6) is -0.879. The minimum absolute atomic E-state index is 0.106. The van der Waals surface area contributed by atoms with Crippen molar-refractivity contribution in [3.8, 4) is 0 Å². The average Bonchev–Trinajstić information content (AvgIpc) is 2.74. The maximum atomic E-state index is 12.9. The van der Waals surface area contributed by atoms with Crippen LogP contribution in [0, 0.1) is 13.8 Å². The van der Waals surface area contributed by atoms with E-state index in [1.807, 2.05) is 56.3 Å². The van der Waals surface area contributed by atoms with Gasteiger partial charge >= 0.3 is 0 Å². The van der Waals surface area contributed by atoms with Gasteiger partial charge in [-0.15, -0.1) is 0 Å². The second-order valence-corrected chi connectivity index (χ2v) is 8.42. The maximum Gasteiger partial charge on any atom is 0.257 e. The Hall–Kier alpha value is -3.39.